The molecule has 1 aliphatic rings. The normalized spacial score (nSPS) is 21.7. The average molecular weight is 272 g/mol. The molecule has 0 radical (unpaired) electrons. The van der Waals surface area contributed by atoms with E-state index in [0.29, 0.717) is 26.3 Å². The molecule has 0 aromatic heterocycles. The van der Waals surface area contributed by atoms with Gasteiger partial charge < -0.3 is 10.1 Å². The molecular formula is C12H24N4O3. The van der Waals surface area contributed by atoms with E-state index in [4.69, 9.17) is 10.6 Å². The minimum Gasteiger partial charge on any atom is -0.378 e. The topological polar surface area (TPSA) is 96.7 Å². The SMILES string of the molecule is CCCNC(=O)C1COCCN1C(C)CC(=O)NN. The smallest absolute Gasteiger partial charge is 0.239 e. The fourth-order valence-corrected chi connectivity index (χ4v) is 2.18. The number of nitrogens with one attached hydrogen (secondary N) is 2. The third kappa shape index (κ3) is 4.77. The molecule has 0 aliphatic carbocycles. The minimum atomic E-state index is -0.333. The summed E-state index contributed by atoms with van der Waals surface area (Å²) in [6, 6.07) is -0.384. The first-order chi connectivity index (χ1) is 9.10. The van der Waals surface area contributed by atoms with E-state index in [0.717, 1.165) is 6.42 Å². The number of carbonyl (C=O) groups excluding carboxylic acids is 2. The molecule has 19 heavy (non-hydrogen) atoms. The van der Waals surface area contributed by atoms with Crippen LogP contribution in [0.4, 0.5) is 0 Å². The molecule has 7 heteroatoms. The van der Waals surface area contributed by atoms with Gasteiger partial charge in [0, 0.05) is 25.6 Å². The maximum absolute atomic E-state index is 12.1. The van der Waals surface area contributed by atoms with E-state index in [2.05, 4.69) is 10.7 Å². The van der Waals surface area contributed by atoms with Gasteiger partial charge in [0.25, 0.3) is 0 Å². The molecular weight excluding hydrogens is 248 g/mol. The van der Waals surface area contributed by atoms with Gasteiger partial charge in [-0.1, -0.05) is 6.92 Å². The fraction of sp³-hybridized carbons (Fsp3) is 0.833. The van der Waals surface area contributed by atoms with Crippen molar-refractivity contribution in [2.75, 3.05) is 26.3 Å². The second-order valence-corrected chi connectivity index (χ2v) is 4.74. The van der Waals surface area contributed by atoms with Gasteiger partial charge in [0.05, 0.1) is 13.2 Å². The van der Waals surface area contributed by atoms with Crippen molar-refractivity contribution < 1.29 is 14.3 Å². The highest BCUT2D eigenvalue weighted by atomic mass is 16.5. The van der Waals surface area contributed by atoms with Crippen molar-refractivity contribution in [3.63, 3.8) is 0 Å². The quantitative estimate of drug-likeness (QED) is 0.327. The van der Waals surface area contributed by atoms with Crippen molar-refractivity contribution in [2.45, 2.75) is 38.8 Å². The predicted molar refractivity (Wildman–Crippen MR) is 71.0 cm³/mol. The Bertz CT molecular complexity index is 311. The standard InChI is InChI=1S/C12H24N4O3/c1-3-4-14-12(18)10-8-19-6-5-16(10)9(2)7-11(17)15-13/h9-10H,3-8,13H2,1-2H3,(H,14,18)(H,15,17). The number of rotatable bonds is 6. The van der Waals surface area contributed by atoms with Crippen molar-refractivity contribution in [3.8, 4) is 0 Å². The number of morpholine rings is 1. The lowest BCUT2D eigenvalue weighted by Crippen LogP contribution is -2.57. The lowest BCUT2D eigenvalue weighted by molar-refractivity contribution is -0.136. The molecule has 0 spiro atoms. The number of hydrazine groups is 1. The van der Waals surface area contributed by atoms with Gasteiger partial charge in [0.15, 0.2) is 0 Å². The van der Waals surface area contributed by atoms with E-state index in [1.54, 1.807) is 0 Å². The molecule has 1 saturated heterocycles. The molecule has 1 fully saturated rings. The van der Waals surface area contributed by atoms with Crippen LogP contribution in [-0.4, -0.2) is 55.1 Å². The van der Waals surface area contributed by atoms with Crippen molar-refractivity contribution in [1.29, 1.82) is 0 Å². The van der Waals surface area contributed by atoms with Crippen molar-refractivity contribution in [3.05, 3.63) is 0 Å². The first-order valence-corrected chi connectivity index (χ1v) is 6.70. The number of ether oxygens (including phenoxy) is 1. The first kappa shape index (κ1) is 15.9. The van der Waals surface area contributed by atoms with Crippen molar-refractivity contribution >= 4 is 11.8 Å². The Balaban J connectivity index is 2.60. The van der Waals surface area contributed by atoms with Crippen LogP contribution in [0.2, 0.25) is 0 Å². The van der Waals surface area contributed by atoms with Gasteiger partial charge in [-0.2, -0.15) is 0 Å². The van der Waals surface area contributed by atoms with Crippen LogP contribution in [0.5, 0.6) is 0 Å². The third-order valence-electron chi connectivity index (χ3n) is 3.23. The van der Waals surface area contributed by atoms with Gasteiger partial charge in [-0.25, -0.2) is 5.84 Å². The summed E-state index contributed by atoms with van der Waals surface area (Å²) in [5, 5.41) is 2.87. The van der Waals surface area contributed by atoms with Crippen LogP contribution in [0.25, 0.3) is 0 Å². The number of carbonyl (C=O) groups is 2. The highest BCUT2D eigenvalue weighted by Gasteiger charge is 2.32. The number of nitrogens with two attached hydrogens (primary N) is 1. The molecule has 1 heterocycles. The van der Waals surface area contributed by atoms with E-state index < -0.39 is 0 Å². The Labute approximate surface area is 113 Å². The molecule has 7 nitrogen and oxygen atoms in total. The second-order valence-electron chi connectivity index (χ2n) is 4.74. The van der Waals surface area contributed by atoms with Crippen LogP contribution < -0.4 is 16.6 Å². The molecule has 1 rings (SSSR count). The largest absolute Gasteiger partial charge is 0.378 e. The molecule has 110 valence electrons. The zero-order valence-corrected chi connectivity index (χ0v) is 11.6. The summed E-state index contributed by atoms with van der Waals surface area (Å²) in [6.07, 6.45) is 1.17. The van der Waals surface area contributed by atoms with Crippen LogP contribution in [0, 0.1) is 0 Å². The number of hydrogen-bond acceptors (Lipinski definition) is 5. The molecule has 2 amide bonds. The lowest BCUT2D eigenvalue weighted by Gasteiger charge is -2.38. The van der Waals surface area contributed by atoms with Gasteiger partial charge in [-0.3, -0.25) is 19.9 Å². The van der Waals surface area contributed by atoms with Crippen LogP contribution in [-0.2, 0) is 14.3 Å². The summed E-state index contributed by atoms with van der Waals surface area (Å²) in [6.45, 7) is 6.16. The Morgan fingerprint density at radius 3 is 2.89 bits per heavy atom. The Morgan fingerprint density at radius 2 is 2.26 bits per heavy atom. The Morgan fingerprint density at radius 1 is 1.53 bits per heavy atom. The molecule has 1 aliphatic heterocycles. The molecule has 0 saturated carbocycles. The van der Waals surface area contributed by atoms with Gasteiger partial charge in [-0.05, 0) is 13.3 Å². The Kier molecular flexibility index (Phi) is 6.75. The second kappa shape index (κ2) is 8.08. The highest BCUT2D eigenvalue weighted by molar-refractivity contribution is 5.82. The summed E-state index contributed by atoms with van der Waals surface area (Å²) in [4.78, 5) is 25.4. The fourth-order valence-electron chi connectivity index (χ4n) is 2.18. The predicted octanol–water partition coefficient (Wildman–Crippen LogP) is -1.02. The highest BCUT2D eigenvalue weighted by Crippen LogP contribution is 2.14. The zero-order valence-electron chi connectivity index (χ0n) is 11.6. The molecule has 2 unspecified atom stereocenters. The van der Waals surface area contributed by atoms with E-state index >= 15 is 0 Å². The summed E-state index contributed by atoms with van der Waals surface area (Å²) in [5.74, 6) is 4.82. The van der Waals surface area contributed by atoms with E-state index in [-0.39, 0.29) is 30.3 Å². The monoisotopic (exact) mass is 272 g/mol. The van der Waals surface area contributed by atoms with Crippen LogP contribution in [0.1, 0.15) is 26.7 Å². The maximum atomic E-state index is 12.1. The number of nitrogens with zero attached hydrogens (tertiary/aromatic N) is 1. The van der Waals surface area contributed by atoms with Crippen molar-refractivity contribution in [2.24, 2.45) is 5.84 Å². The molecule has 0 bridgehead atoms. The molecule has 2 atom stereocenters. The summed E-state index contributed by atoms with van der Waals surface area (Å²) in [5.41, 5.74) is 2.12. The van der Waals surface area contributed by atoms with Gasteiger partial charge in [-0.15, -0.1) is 0 Å². The van der Waals surface area contributed by atoms with E-state index in [9.17, 15) is 9.59 Å². The van der Waals surface area contributed by atoms with E-state index in [1.165, 1.54) is 0 Å². The van der Waals surface area contributed by atoms with Gasteiger partial charge in [0.2, 0.25) is 11.8 Å². The maximum Gasteiger partial charge on any atom is 0.239 e. The first-order valence-electron chi connectivity index (χ1n) is 6.70. The van der Waals surface area contributed by atoms with Crippen LogP contribution >= 0.6 is 0 Å². The summed E-state index contributed by atoms with van der Waals surface area (Å²) >= 11 is 0. The molecule has 0 aromatic rings. The Hall–Kier alpha value is -1.18. The third-order valence-corrected chi connectivity index (χ3v) is 3.23. The van der Waals surface area contributed by atoms with Crippen LogP contribution in [0.3, 0.4) is 0 Å². The lowest BCUT2D eigenvalue weighted by atomic mass is 10.1. The molecule has 4 N–H and O–H groups in total. The van der Waals surface area contributed by atoms with Gasteiger partial charge >= 0.3 is 0 Å². The van der Waals surface area contributed by atoms with E-state index in [1.807, 2.05) is 18.7 Å². The van der Waals surface area contributed by atoms with Gasteiger partial charge in [0.1, 0.15) is 6.04 Å². The van der Waals surface area contributed by atoms with Crippen LogP contribution in [0.15, 0.2) is 0 Å². The average Bonchev–Trinajstić information content (AvgIpc) is 2.44. The molecule has 0 aromatic carbocycles. The summed E-state index contributed by atoms with van der Waals surface area (Å²) in [7, 11) is 0. The number of amides is 2. The summed E-state index contributed by atoms with van der Waals surface area (Å²) < 4.78 is 5.37. The minimum absolute atomic E-state index is 0.0402. The number of hydrogen-bond donors (Lipinski definition) is 3. The van der Waals surface area contributed by atoms with Crippen molar-refractivity contribution in [1.82, 2.24) is 15.6 Å². The zero-order chi connectivity index (χ0) is 14.3.